The first kappa shape index (κ1) is 16.6. The van der Waals surface area contributed by atoms with Crippen LogP contribution in [0.4, 0.5) is 5.82 Å². The Morgan fingerprint density at radius 1 is 1.19 bits per heavy atom. The van der Waals surface area contributed by atoms with E-state index in [-0.39, 0.29) is 0 Å². The predicted molar refractivity (Wildman–Crippen MR) is 99.8 cm³/mol. The van der Waals surface area contributed by atoms with E-state index in [1.807, 2.05) is 36.9 Å². The summed E-state index contributed by atoms with van der Waals surface area (Å²) in [4.78, 5) is 13.7. The summed E-state index contributed by atoms with van der Waals surface area (Å²) in [5.74, 6) is 3.70. The van der Waals surface area contributed by atoms with Gasteiger partial charge < -0.3 is 9.88 Å². The van der Waals surface area contributed by atoms with Crippen molar-refractivity contribution in [1.29, 1.82) is 0 Å². The molecular weight excluding hydrogens is 326 g/mol. The van der Waals surface area contributed by atoms with Crippen molar-refractivity contribution < 1.29 is 0 Å². The van der Waals surface area contributed by atoms with E-state index >= 15 is 0 Å². The average molecular weight is 349 g/mol. The minimum absolute atomic E-state index is 0.755. The van der Waals surface area contributed by atoms with Crippen LogP contribution < -0.4 is 5.32 Å². The van der Waals surface area contributed by atoms with Crippen LogP contribution in [0.2, 0.25) is 0 Å². The first-order valence-corrected chi connectivity index (χ1v) is 9.11. The van der Waals surface area contributed by atoms with Crippen LogP contribution in [0.25, 0.3) is 11.4 Å². The van der Waals surface area contributed by atoms with Crippen LogP contribution in [0.5, 0.6) is 0 Å². The summed E-state index contributed by atoms with van der Waals surface area (Å²) in [6.07, 6.45) is 8.68. The molecule has 0 radical (unpaired) electrons. The molecule has 0 saturated carbocycles. The number of anilines is 1. The second-order valence-electron chi connectivity index (χ2n) is 6.67. The van der Waals surface area contributed by atoms with Gasteiger partial charge in [0.05, 0.1) is 0 Å². The molecule has 7 nitrogen and oxygen atoms in total. The van der Waals surface area contributed by atoms with Crippen molar-refractivity contribution in [1.82, 2.24) is 29.7 Å². The van der Waals surface area contributed by atoms with Gasteiger partial charge in [-0.1, -0.05) is 0 Å². The van der Waals surface area contributed by atoms with Gasteiger partial charge in [-0.05, 0) is 44.7 Å². The van der Waals surface area contributed by atoms with Gasteiger partial charge in [-0.2, -0.15) is 0 Å². The second kappa shape index (κ2) is 7.19. The van der Waals surface area contributed by atoms with Crippen LogP contribution in [-0.4, -0.2) is 36.3 Å². The van der Waals surface area contributed by atoms with Crippen molar-refractivity contribution >= 4 is 5.82 Å². The van der Waals surface area contributed by atoms with Gasteiger partial charge in [-0.25, -0.2) is 9.97 Å². The first-order valence-electron chi connectivity index (χ1n) is 9.11. The zero-order chi connectivity index (χ0) is 17.9. The van der Waals surface area contributed by atoms with Crippen molar-refractivity contribution in [3.05, 3.63) is 47.4 Å². The maximum absolute atomic E-state index is 4.79. The molecule has 4 rings (SSSR count). The Morgan fingerprint density at radius 3 is 2.88 bits per heavy atom. The summed E-state index contributed by atoms with van der Waals surface area (Å²) >= 11 is 0. The van der Waals surface area contributed by atoms with Crippen LogP contribution in [0, 0.1) is 6.92 Å². The van der Waals surface area contributed by atoms with E-state index < -0.39 is 0 Å². The Hall–Kier alpha value is -2.83. The van der Waals surface area contributed by atoms with Gasteiger partial charge in [0.2, 0.25) is 0 Å². The lowest BCUT2D eigenvalue weighted by molar-refractivity contribution is 0.729. The van der Waals surface area contributed by atoms with E-state index in [1.54, 1.807) is 6.20 Å². The number of pyridine rings is 1. The molecule has 3 aromatic heterocycles. The fraction of sp³-hybridized carbons (Fsp3) is 0.421. The molecule has 0 atom stereocenters. The molecule has 1 N–H and O–H groups in total. The second-order valence-corrected chi connectivity index (χ2v) is 6.67. The highest BCUT2D eigenvalue weighted by Gasteiger charge is 2.19. The number of hydrogen-bond donors (Lipinski definition) is 1. The smallest absolute Gasteiger partial charge is 0.163 e. The molecule has 0 fully saturated rings. The summed E-state index contributed by atoms with van der Waals surface area (Å²) in [7, 11) is 2.01. The lowest BCUT2D eigenvalue weighted by Crippen LogP contribution is -2.10. The number of nitrogens with one attached hydrogen (secondary N) is 1. The van der Waals surface area contributed by atoms with E-state index in [2.05, 4.69) is 20.5 Å². The van der Waals surface area contributed by atoms with Crippen molar-refractivity contribution in [2.75, 3.05) is 11.9 Å². The summed E-state index contributed by atoms with van der Waals surface area (Å²) in [6, 6.07) is 3.92. The van der Waals surface area contributed by atoms with E-state index in [0.717, 1.165) is 67.5 Å². The summed E-state index contributed by atoms with van der Waals surface area (Å²) in [5, 5.41) is 11.9. The maximum Gasteiger partial charge on any atom is 0.163 e. The van der Waals surface area contributed by atoms with Crippen LogP contribution in [0.3, 0.4) is 0 Å². The Labute approximate surface area is 152 Å². The Kier molecular flexibility index (Phi) is 4.60. The Balaban J connectivity index is 1.47. The summed E-state index contributed by atoms with van der Waals surface area (Å²) in [5.41, 5.74) is 3.40. The Bertz CT molecular complexity index is 902. The maximum atomic E-state index is 4.79. The molecule has 3 heterocycles. The quantitative estimate of drug-likeness (QED) is 0.689. The van der Waals surface area contributed by atoms with Crippen LogP contribution in [-0.2, 0) is 26.3 Å². The number of fused-ring (bicyclic) bond motifs is 1. The van der Waals surface area contributed by atoms with Crippen LogP contribution in [0.1, 0.15) is 35.7 Å². The molecule has 0 saturated heterocycles. The van der Waals surface area contributed by atoms with Crippen LogP contribution in [0.15, 0.2) is 24.5 Å². The van der Waals surface area contributed by atoms with Gasteiger partial charge in [-0.3, -0.25) is 4.98 Å². The standard InChI is InChI=1S/C19H23N7/c1-13-24-25-17(26(13)2)9-5-11-21-19-15-7-3-8-16(15)22-18(23-19)14-6-4-10-20-12-14/h4,6,10,12H,3,5,7-9,11H2,1-2H3,(H,21,22,23). The zero-order valence-electron chi connectivity index (χ0n) is 15.2. The number of aromatic nitrogens is 6. The van der Waals surface area contributed by atoms with Gasteiger partial charge in [0.25, 0.3) is 0 Å². The fourth-order valence-corrected chi connectivity index (χ4v) is 3.32. The van der Waals surface area contributed by atoms with E-state index in [1.165, 1.54) is 11.3 Å². The lowest BCUT2D eigenvalue weighted by atomic mass is 10.2. The molecule has 0 bridgehead atoms. The topological polar surface area (TPSA) is 81.4 Å². The summed E-state index contributed by atoms with van der Waals surface area (Å²) < 4.78 is 2.04. The summed E-state index contributed by atoms with van der Waals surface area (Å²) in [6.45, 7) is 2.82. The molecule has 0 aliphatic heterocycles. The van der Waals surface area contributed by atoms with Crippen LogP contribution >= 0.6 is 0 Å². The molecule has 3 aromatic rings. The molecule has 0 amide bonds. The minimum atomic E-state index is 0.755. The highest BCUT2D eigenvalue weighted by atomic mass is 15.3. The number of aryl methyl sites for hydroxylation is 3. The molecule has 134 valence electrons. The van der Waals surface area contributed by atoms with Gasteiger partial charge >= 0.3 is 0 Å². The van der Waals surface area contributed by atoms with E-state index in [9.17, 15) is 0 Å². The fourth-order valence-electron chi connectivity index (χ4n) is 3.32. The van der Waals surface area contributed by atoms with Crippen molar-refractivity contribution in [2.45, 2.75) is 39.0 Å². The van der Waals surface area contributed by atoms with Crippen molar-refractivity contribution in [3.8, 4) is 11.4 Å². The third kappa shape index (κ3) is 3.29. The minimum Gasteiger partial charge on any atom is -0.370 e. The molecule has 0 spiro atoms. The average Bonchev–Trinajstić information content (AvgIpc) is 3.27. The van der Waals surface area contributed by atoms with Crippen molar-refractivity contribution in [2.24, 2.45) is 7.05 Å². The first-order chi connectivity index (χ1) is 12.7. The highest BCUT2D eigenvalue weighted by Crippen LogP contribution is 2.29. The number of nitrogens with zero attached hydrogens (tertiary/aromatic N) is 6. The van der Waals surface area contributed by atoms with Gasteiger partial charge in [-0.15, -0.1) is 10.2 Å². The molecule has 1 aliphatic carbocycles. The monoisotopic (exact) mass is 349 g/mol. The third-order valence-corrected chi connectivity index (χ3v) is 4.91. The largest absolute Gasteiger partial charge is 0.370 e. The molecule has 7 heteroatoms. The van der Waals surface area contributed by atoms with Crippen molar-refractivity contribution in [3.63, 3.8) is 0 Å². The molecule has 26 heavy (non-hydrogen) atoms. The zero-order valence-corrected chi connectivity index (χ0v) is 15.2. The number of rotatable bonds is 6. The number of hydrogen-bond acceptors (Lipinski definition) is 6. The van der Waals surface area contributed by atoms with E-state index in [4.69, 9.17) is 9.97 Å². The SMILES string of the molecule is Cc1nnc(CCCNc2nc(-c3cccnc3)nc3c2CCC3)n1C. The normalized spacial score (nSPS) is 13.0. The lowest BCUT2D eigenvalue weighted by Gasteiger charge is -2.12. The molecule has 0 aromatic carbocycles. The predicted octanol–water partition coefficient (Wildman–Crippen LogP) is 2.51. The highest BCUT2D eigenvalue weighted by molar-refractivity contribution is 5.59. The third-order valence-electron chi connectivity index (χ3n) is 4.91. The molecular formula is C19H23N7. The Morgan fingerprint density at radius 2 is 2.12 bits per heavy atom. The molecule has 0 unspecified atom stereocenters. The van der Waals surface area contributed by atoms with Gasteiger partial charge in [0, 0.05) is 49.2 Å². The molecule has 1 aliphatic rings. The van der Waals surface area contributed by atoms with E-state index in [0.29, 0.717) is 0 Å². The van der Waals surface area contributed by atoms with Gasteiger partial charge in [0.15, 0.2) is 5.82 Å². The van der Waals surface area contributed by atoms with Gasteiger partial charge in [0.1, 0.15) is 17.5 Å².